The Kier molecular flexibility index (Phi) is 2.24. The van der Waals surface area contributed by atoms with E-state index in [0.717, 1.165) is 4.68 Å². The van der Waals surface area contributed by atoms with E-state index in [1.807, 2.05) is 0 Å². The number of rotatable bonds is 1. The summed E-state index contributed by atoms with van der Waals surface area (Å²) in [6, 6.07) is 6.37. The molecule has 1 N–H and O–H groups in total. The average molecular weight is 270 g/mol. The second kappa shape index (κ2) is 3.70. The number of benzene rings is 1. The van der Waals surface area contributed by atoms with E-state index in [1.165, 1.54) is 6.07 Å². The summed E-state index contributed by atoms with van der Waals surface area (Å²) in [7, 11) is 0. The molecule has 1 aromatic carbocycles. The number of nitrogens with zero attached hydrogens (tertiary/aromatic N) is 3. The smallest absolute Gasteiger partial charge is 0.358 e. The molecule has 9 heteroatoms. The summed E-state index contributed by atoms with van der Waals surface area (Å²) < 4.78 is 43.8. The van der Waals surface area contributed by atoms with Crippen molar-refractivity contribution >= 4 is 11.0 Å². The van der Waals surface area contributed by atoms with Crippen molar-refractivity contribution in [2.24, 2.45) is 0 Å². The summed E-state index contributed by atoms with van der Waals surface area (Å²) in [5, 5.41) is 8.92. The molecule has 98 valence electrons. The van der Waals surface area contributed by atoms with Crippen LogP contribution < -0.4 is 5.56 Å². The minimum absolute atomic E-state index is 0.302. The van der Waals surface area contributed by atoms with Crippen molar-refractivity contribution in [1.82, 2.24) is 20.2 Å². The Labute approximate surface area is 102 Å². The van der Waals surface area contributed by atoms with Crippen molar-refractivity contribution in [2.45, 2.75) is 6.18 Å². The van der Waals surface area contributed by atoms with Crippen molar-refractivity contribution in [2.75, 3.05) is 0 Å². The van der Waals surface area contributed by atoms with E-state index in [4.69, 9.17) is 0 Å². The lowest BCUT2D eigenvalue weighted by Gasteiger charge is -2.04. The van der Waals surface area contributed by atoms with Crippen LogP contribution >= 0.6 is 0 Å². The molecule has 0 amide bonds. The summed E-state index contributed by atoms with van der Waals surface area (Å²) in [6.07, 6.45) is -4.84. The first-order valence-corrected chi connectivity index (χ1v) is 5.08. The van der Waals surface area contributed by atoms with Gasteiger partial charge in [-0.25, -0.2) is 0 Å². The van der Waals surface area contributed by atoms with E-state index in [9.17, 15) is 18.0 Å². The lowest BCUT2D eigenvalue weighted by Crippen LogP contribution is -2.19. The van der Waals surface area contributed by atoms with Crippen LogP contribution in [-0.4, -0.2) is 20.2 Å². The molecular weight excluding hydrogens is 265 g/mol. The maximum atomic E-state index is 12.8. The number of hydrogen-bond donors (Lipinski definition) is 1. The molecule has 0 atom stereocenters. The second-order valence-corrected chi connectivity index (χ2v) is 3.70. The Hall–Kier alpha value is -2.58. The Balaban J connectivity index is 2.32. The number of hydrogen-bond acceptors (Lipinski definition) is 4. The van der Waals surface area contributed by atoms with Crippen LogP contribution in [0.2, 0.25) is 0 Å². The van der Waals surface area contributed by atoms with Crippen molar-refractivity contribution in [3.8, 4) is 5.88 Å². The summed E-state index contributed by atoms with van der Waals surface area (Å²) in [5.41, 5.74) is -2.11. The van der Waals surface area contributed by atoms with Crippen molar-refractivity contribution in [3.63, 3.8) is 0 Å². The Morgan fingerprint density at radius 3 is 2.74 bits per heavy atom. The number of aromatic amines is 1. The molecule has 2 heterocycles. The molecule has 0 bridgehead atoms. The first-order chi connectivity index (χ1) is 8.98. The first kappa shape index (κ1) is 11.5. The zero-order valence-corrected chi connectivity index (χ0v) is 9.10. The van der Waals surface area contributed by atoms with E-state index in [-0.39, 0.29) is 0 Å². The minimum atomic E-state index is -4.84. The van der Waals surface area contributed by atoms with Crippen molar-refractivity contribution in [3.05, 3.63) is 40.2 Å². The zero-order valence-electron chi connectivity index (χ0n) is 9.10. The molecule has 3 rings (SSSR count). The quantitative estimate of drug-likeness (QED) is 0.730. The van der Waals surface area contributed by atoms with Gasteiger partial charge in [0.15, 0.2) is 5.56 Å². The lowest BCUT2D eigenvalue weighted by atomic mass is 10.3. The number of alkyl halides is 3. The SMILES string of the molecule is O=c1[nH]oc(-n2nnc3ccccc32)c1C(F)(F)F. The standard InChI is InChI=1S/C10H5F3N4O2/c11-10(12,13)7-8(18)15-19-9(7)17-6-4-2-1-3-5(6)14-16-17/h1-4H,(H,15,18). The fourth-order valence-electron chi connectivity index (χ4n) is 1.71. The van der Waals surface area contributed by atoms with Gasteiger partial charge in [-0.15, -0.1) is 5.10 Å². The van der Waals surface area contributed by atoms with Gasteiger partial charge >= 0.3 is 6.18 Å². The molecule has 0 fully saturated rings. The molecule has 0 radical (unpaired) electrons. The fraction of sp³-hybridized carbons (Fsp3) is 0.100. The lowest BCUT2D eigenvalue weighted by molar-refractivity contribution is -0.138. The van der Waals surface area contributed by atoms with E-state index < -0.39 is 23.2 Å². The maximum Gasteiger partial charge on any atom is 0.427 e. The van der Waals surface area contributed by atoms with Crippen LogP contribution in [0.15, 0.2) is 33.6 Å². The predicted molar refractivity (Wildman–Crippen MR) is 56.8 cm³/mol. The van der Waals surface area contributed by atoms with Gasteiger partial charge in [-0.05, 0) is 12.1 Å². The maximum absolute atomic E-state index is 12.8. The molecule has 0 unspecified atom stereocenters. The number of para-hydroxylation sites is 1. The van der Waals surface area contributed by atoms with Crippen molar-refractivity contribution < 1.29 is 17.7 Å². The van der Waals surface area contributed by atoms with Crippen LogP contribution in [0.25, 0.3) is 16.9 Å². The summed E-state index contributed by atoms with van der Waals surface area (Å²) in [5.74, 6) is -0.730. The van der Waals surface area contributed by atoms with Gasteiger partial charge in [0.2, 0.25) is 0 Å². The molecule has 3 aromatic rings. The number of H-pyrrole nitrogens is 1. The molecule has 0 saturated heterocycles. The van der Waals surface area contributed by atoms with Crippen LogP contribution in [0, 0.1) is 0 Å². The van der Waals surface area contributed by atoms with E-state index in [2.05, 4.69) is 14.8 Å². The molecule has 0 saturated carbocycles. The molecule has 2 aromatic heterocycles. The highest BCUT2D eigenvalue weighted by Crippen LogP contribution is 2.31. The average Bonchev–Trinajstić information content (AvgIpc) is 2.91. The highest BCUT2D eigenvalue weighted by Gasteiger charge is 2.41. The number of fused-ring (bicyclic) bond motifs is 1. The Morgan fingerprint density at radius 1 is 1.26 bits per heavy atom. The van der Waals surface area contributed by atoms with Crippen molar-refractivity contribution in [1.29, 1.82) is 0 Å². The third-order valence-electron chi connectivity index (χ3n) is 2.51. The van der Waals surface area contributed by atoms with E-state index in [0.29, 0.717) is 11.0 Å². The molecular formula is C10H5F3N4O2. The fourth-order valence-corrected chi connectivity index (χ4v) is 1.71. The van der Waals surface area contributed by atoms with Crippen LogP contribution in [0.3, 0.4) is 0 Å². The number of halogens is 3. The topological polar surface area (TPSA) is 76.7 Å². The van der Waals surface area contributed by atoms with Gasteiger partial charge in [-0.1, -0.05) is 17.3 Å². The highest BCUT2D eigenvalue weighted by molar-refractivity contribution is 5.75. The highest BCUT2D eigenvalue weighted by atomic mass is 19.4. The van der Waals surface area contributed by atoms with Gasteiger partial charge in [0.25, 0.3) is 11.4 Å². The third kappa shape index (κ3) is 1.70. The predicted octanol–water partition coefficient (Wildman–Crippen LogP) is 1.72. The summed E-state index contributed by atoms with van der Waals surface area (Å²) in [4.78, 5) is 11.2. The summed E-state index contributed by atoms with van der Waals surface area (Å²) in [6.45, 7) is 0. The molecule has 0 aliphatic carbocycles. The van der Waals surface area contributed by atoms with E-state index >= 15 is 0 Å². The van der Waals surface area contributed by atoms with Gasteiger partial charge in [0, 0.05) is 0 Å². The minimum Gasteiger partial charge on any atom is -0.358 e. The third-order valence-corrected chi connectivity index (χ3v) is 2.51. The second-order valence-electron chi connectivity index (χ2n) is 3.70. The van der Waals surface area contributed by atoms with Crippen LogP contribution in [0.5, 0.6) is 0 Å². The van der Waals surface area contributed by atoms with Crippen LogP contribution in [-0.2, 0) is 6.18 Å². The Morgan fingerprint density at radius 2 is 2.00 bits per heavy atom. The van der Waals surface area contributed by atoms with Crippen LogP contribution in [0.1, 0.15) is 5.56 Å². The molecule has 0 aliphatic heterocycles. The molecule has 0 aliphatic rings. The first-order valence-electron chi connectivity index (χ1n) is 5.08. The Bertz CT molecular complexity index is 799. The zero-order chi connectivity index (χ0) is 13.6. The molecule has 19 heavy (non-hydrogen) atoms. The molecule has 6 nitrogen and oxygen atoms in total. The van der Waals surface area contributed by atoms with Gasteiger partial charge < -0.3 is 4.52 Å². The van der Waals surface area contributed by atoms with E-state index in [1.54, 1.807) is 23.4 Å². The monoisotopic (exact) mass is 270 g/mol. The molecule has 0 spiro atoms. The normalized spacial score (nSPS) is 12.2. The number of nitrogens with one attached hydrogen (secondary N) is 1. The van der Waals surface area contributed by atoms with Gasteiger partial charge in [0.1, 0.15) is 5.52 Å². The van der Waals surface area contributed by atoms with Gasteiger partial charge in [-0.2, -0.15) is 23.0 Å². The number of aromatic nitrogens is 4. The van der Waals surface area contributed by atoms with Gasteiger partial charge in [-0.3, -0.25) is 4.79 Å². The van der Waals surface area contributed by atoms with Crippen LogP contribution in [0.4, 0.5) is 13.2 Å². The largest absolute Gasteiger partial charge is 0.427 e. The summed E-state index contributed by atoms with van der Waals surface area (Å²) >= 11 is 0. The van der Waals surface area contributed by atoms with Gasteiger partial charge in [0.05, 0.1) is 5.52 Å².